The Bertz CT molecular complexity index is 807. The molecule has 0 fully saturated rings. The number of aromatic nitrogens is 1. The zero-order valence-corrected chi connectivity index (χ0v) is 11.1. The van der Waals surface area contributed by atoms with Crippen LogP contribution < -0.4 is 4.72 Å². The van der Waals surface area contributed by atoms with E-state index in [1.54, 1.807) is 0 Å². The second-order valence-corrected chi connectivity index (χ2v) is 5.62. The standard InChI is InChI=1S/C12H9FN2O5S/c13-10-2-1-3-11(14-10)15-21(19,20)7-4-5-9(16)8(6-7)12(17)18/h1-6,16H,(H,14,15)(H,17,18). The van der Waals surface area contributed by atoms with Crippen molar-refractivity contribution in [1.82, 2.24) is 4.98 Å². The third-order valence-corrected chi connectivity index (χ3v) is 3.82. The number of aromatic carboxylic acids is 1. The van der Waals surface area contributed by atoms with Gasteiger partial charge in [-0.25, -0.2) is 18.2 Å². The molecular weight excluding hydrogens is 303 g/mol. The van der Waals surface area contributed by atoms with Gasteiger partial charge in [0.1, 0.15) is 17.1 Å². The van der Waals surface area contributed by atoms with Gasteiger partial charge in [0.05, 0.1) is 4.90 Å². The Kier molecular flexibility index (Phi) is 3.76. The van der Waals surface area contributed by atoms with Gasteiger partial charge in [-0.2, -0.15) is 4.39 Å². The number of hydrogen-bond donors (Lipinski definition) is 3. The molecule has 1 heterocycles. The quantitative estimate of drug-likeness (QED) is 0.735. The maximum atomic E-state index is 12.9. The lowest BCUT2D eigenvalue weighted by molar-refractivity contribution is 0.0693. The number of pyridine rings is 1. The number of sulfonamides is 1. The van der Waals surface area contributed by atoms with Crippen LogP contribution in [0.5, 0.6) is 5.75 Å². The maximum absolute atomic E-state index is 12.9. The molecule has 0 aliphatic heterocycles. The summed E-state index contributed by atoms with van der Waals surface area (Å²) in [6, 6.07) is 6.29. The minimum atomic E-state index is -4.16. The van der Waals surface area contributed by atoms with Crippen LogP contribution in [0.15, 0.2) is 41.3 Å². The fourth-order valence-corrected chi connectivity index (χ4v) is 2.54. The van der Waals surface area contributed by atoms with Crippen LogP contribution in [-0.4, -0.2) is 29.6 Å². The number of nitrogens with one attached hydrogen (secondary N) is 1. The molecule has 0 radical (unpaired) electrons. The molecule has 9 heteroatoms. The van der Waals surface area contributed by atoms with Crippen molar-refractivity contribution in [2.45, 2.75) is 4.90 Å². The highest BCUT2D eigenvalue weighted by Crippen LogP contribution is 2.22. The first-order valence-corrected chi connectivity index (χ1v) is 6.99. The van der Waals surface area contributed by atoms with Crippen LogP contribution in [0.4, 0.5) is 10.2 Å². The molecule has 0 spiro atoms. The molecule has 2 aromatic rings. The average molecular weight is 312 g/mol. The van der Waals surface area contributed by atoms with Crippen LogP contribution in [0.1, 0.15) is 10.4 Å². The zero-order chi connectivity index (χ0) is 15.6. The van der Waals surface area contributed by atoms with E-state index in [2.05, 4.69) is 4.98 Å². The van der Waals surface area contributed by atoms with Crippen molar-refractivity contribution in [1.29, 1.82) is 0 Å². The highest BCUT2D eigenvalue weighted by molar-refractivity contribution is 7.92. The van der Waals surface area contributed by atoms with Crippen LogP contribution in [-0.2, 0) is 10.0 Å². The zero-order valence-electron chi connectivity index (χ0n) is 10.3. The predicted molar refractivity (Wildman–Crippen MR) is 70.1 cm³/mol. The molecule has 21 heavy (non-hydrogen) atoms. The van der Waals surface area contributed by atoms with Gasteiger partial charge < -0.3 is 10.2 Å². The highest BCUT2D eigenvalue weighted by atomic mass is 32.2. The van der Waals surface area contributed by atoms with E-state index in [1.165, 1.54) is 12.1 Å². The summed E-state index contributed by atoms with van der Waals surface area (Å²) in [5, 5.41) is 18.2. The Balaban J connectivity index is 2.40. The summed E-state index contributed by atoms with van der Waals surface area (Å²) in [6.45, 7) is 0. The molecule has 1 aromatic heterocycles. The first-order chi connectivity index (χ1) is 9.79. The first kappa shape index (κ1) is 14.7. The van der Waals surface area contributed by atoms with E-state index in [4.69, 9.17) is 5.11 Å². The van der Waals surface area contributed by atoms with Crippen LogP contribution in [0.2, 0.25) is 0 Å². The lowest BCUT2D eigenvalue weighted by Gasteiger charge is -2.08. The van der Waals surface area contributed by atoms with Gasteiger partial charge in [0.15, 0.2) is 0 Å². The Hall–Kier alpha value is -2.68. The molecule has 0 saturated carbocycles. The molecule has 7 nitrogen and oxygen atoms in total. The van der Waals surface area contributed by atoms with Crippen molar-refractivity contribution in [2.24, 2.45) is 0 Å². The van der Waals surface area contributed by atoms with E-state index < -0.39 is 38.1 Å². The number of hydrogen-bond acceptors (Lipinski definition) is 5. The molecule has 0 amide bonds. The van der Waals surface area contributed by atoms with Crippen molar-refractivity contribution in [3.63, 3.8) is 0 Å². The number of carboxylic acids is 1. The molecule has 0 atom stereocenters. The van der Waals surface area contributed by atoms with Crippen molar-refractivity contribution in [3.05, 3.63) is 47.9 Å². The van der Waals surface area contributed by atoms with Gasteiger partial charge in [0.2, 0.25) is 5.95 Å². The van der Waals surface area contributed by atoms with E-state index >= 15 is 0 Å². The van der Waals surface area contributed by atoms with Crippen molar-refractivity contribution in [2.75, 3.05) is 4.72 Å². The summed E-state index contributed by atoms with van der Waals surface area (Å²) in [4.78, 5) is 13.8. The third kappa shape index (κ3) is 3.26. The SMILES string of the molecule is O=C(O)c1cc(S(=O)(=O)Nc2cccc(F)n2)ccc1O. The summed E-state index contributed by atoms with van der Waals surface area (Å²) < 4.78 is 39.0. The van der Waals surface area contributed by atoms with E-state index in [1.807, 2.05) is 4.72 Å². The summed E-state index contributed by atoms with van der Waals surface area (Å²) in [5.41, 5.74) is -0.565. The Morgan fingerprint density at radius 2 is 1.95 bits per heavy atom. The normalized spacial score (nSPS) is 11.1. The highest BCUT2D eigenvalue weighted by Gasteiger charge is 2.19. The fraction of sp³-hybridized carbons (Fsp3) is 0. The predicted octanol–water partition coefficient (Wildman–Crippen LogP) is 1.43. The number of halogens is 1. The summed E-state index contributed by atoms with van der Waals surface area (Å²) in [7, 11) is -4.16. The van der Waals surface area contributed by atoms with Gasteiger partial charge in [-0.1, -0.05) is 6.07 Å². The van der Waals surface area contributed by atoms with Gasteiger partial charge in [-0.05, 0) is 30.3 Å². The molecule has 0 unspecified atom stereocenters. The van der Waals surface area contributed by atoms with Crippen LogP contribution >= 0.6 is 0 Å². The largest absolute Gasteiger partial charge is 0.507 e. The van der Waals surface area contributed by atoms with E-state index in [0.29, 0.717) is 0 Å². The minimum absolute atomic E-state index is 0.250. The number of anilines is 1. The number of nitrogens with zero attached hydrogens (tertiary/aromatic N) is 1. The molecular formula is C12H9FN2O5S. The fourth-order valence-electron chi connectivity index (χ4n) is 1.52. The number of phenols is 1. The summed E-state index contributed by atoms with van der Waals surface area (Å²) >= 11 is 0. The summed E-state index contributed by atoms with van der Waals surface area (Å²) in [6.07, 6.45) is 0. The van der Waals surface area contributed by atoms with Gasteiger partial charge >= 0.3 is 5.97 Å². The monoisotopic (exact) mass is 312 g/mol. The number of benzene rings is 1. The maximum Gasteiger partial charge on any atom is 0.339 e. The lowest BCUT2D eigenvalue weighted by Crippen LogP contribution is -2.15. The molecule has 110 valence electrons. The van der Waals surface area contributed by atoms with Crippen LogP contribution in [0.25, 0.3) is 0 Å². The topological polar surface area (TPSA) is 117 Å². The van der Waals surface area contributed by atoms with E-state index in [0.717, 1.165) is 24.3 Å². The molecule has 0 saturated heterocycles. The van der Waals surface area contributed by atoms with E-state index in [9.17, 15) is 22.7 Å². The van der Waals surface area contributed by atoms with Gasteiger partial charge in [-0.15, -0.1) is 0 Å². The number of rotatable bonds is 4. The Morgan fingerprint density at radius 1 is 1.24 bits per heavy atom. The van der Waals surface area contributed by atoms with Gasteiger partial charge in [-0.3, -0.25) is 4.72 Å². The van der Waals surface area contributed by atoms with Gasteiger partial charge in [0, 0.05) is 0 Å². The molecule has 0 aliphatic rings. The summed E-state index contributed by atoms with van der Waals surface area (Å²) in [5.74, 6) is -3.16. The molecule has 2 rings (SSSR count). The first-order valence-electron chi connectivity index (χ1n) is 5.51. The second-order valence-electron chi connectivity index (χ2n) is 3.94. The van der Waals surface area contributed by atoms with Crippen molar-refractivity contribution < 1.29 is 27.8 Å². The lowest BCUT2D eigenvalue weighted by atomic mass is 10.2. The molecule has 0 bridgehead atoms. The molecule has 1 aromatic carbocycles. The third-order valence-electron chi connectivity index (χ3n) is 2.46. The van der Waals surface area contributed by atoms with Crippen LogP contribution in [0.3, 0.4) is 0 Å². The van der Waals surface area contributed by atoms with Crippen molar-refractivity contribution >= 4 is 21.8 Å². The number of carboxylic acid groups (broad SMARTS) is 1. The molecule has 3 N–H and O–H groups in total. The minimum Gasteiger partial charge on any atom is -0.507 e. The molecule has 0 aliphatic carbocycles. The van der Waals surface area contributed by atoms with Gasteiger partial charge in [0.25, 0.3) is 10.0 Å². The average Bonchev–Trinajstić information content (AvgIpc) is 2.38. The van der Waals surface area contributed by atoms with E-state index in [-0.39, 0.29) is 5.82 Å². The van der Waals surface area contributed by atoms with Crippen LogP contribution in [0, 0.1) is 5.95 Å². The smallest absolute Gasteiger partial charge is 0.339 e. The number of carbonyl (C=O) groups is 1. The Labute approximate surface area is 118 Å². The Morgan fingerprint density at radius 3 is 2.57 bits per heavy atom. The second kappa shape index (κ2) is 5.37. The van der Waals surface area contributed by atoms with Crippen molar-refractivity contribution in [3.8, 4) is 5.75 Å². The number of aromatic hydroxyl groups is 1.